The van der Waals surface area contributed by atoms with Crippen LogP contribution < -0.4 is 10.1 Å². The number of ether oxygens (including phenoxy) is 1. The molecule has 1 aromatic carbocycles. The summed E-state index contributed by atoms with van der Waals surface area (Å²) in [5, 5.41) is 3.17. The van der Waals surface area contributed by atoms with Gasteiger partial charge in [-0.2, -0.15) is 0 Å². The first-order chi connectivity index (χ1) is 13.2. The molecule has 2 fully saturated rings. The van der Waals surface area contributed by atoms with Crippen molar-refractivity contribution in [1.82, 2.24) is 15.1 Å². The third-order valence-corrected chi connectivity index (χ3v) is 5.94. The van der Waals surface area contributed by atoms with Crippen molar-refractivity contribution in [3.63, 3.8) is 0 Å². The SMILES string of the molecule is O=C(NC1CCCCC1)N1CCN(C(=O)c2ccc3c(c2)CCCO3)CC1. The molecular weight excluding hydrogens is 342 g/mol. The highest BCUT2D eigenvalue weighted by atomic mass is 16.5. The minimum absolute atomic E-state index is 0.0277. The van der Waals surface area contributed by atoms with Gasteiger partial charge in [0, 0.05) is 37.8 Å². The summed E-state index contributed by atoms with van der Waals surface area (Å²) >= 11 is 0. The molecule has 3 aliphatic rings. The van der Waals surface area contributed by atoms with Gasteiger partial charge < -0.3 is 19.9 Å². The van der Waals surface area contributed by atoms with Crippen LogP contribution in [0.25, 0.3) is 0 Å². The molecule has 0 atom stereocenters. The number of carbonyl (C=O) groups is 2. The Balaban J connectivity index is 1.30. The largest absolute Gasteiger partial charge is 0.493 e. The van der Waals surface area contributed by atoms with Gasteiger partial charge in [0.1, 0.15) is 5.75 Å². The van der Waals surface area contributed by atoms with E-state index in [0.717, 1.165) is 49.2 Å². The van der Waals surface area contributed by atoms with Crippen LogP contribution in [0.5, 0.6) is 5.75 Å². The molecule has 1 saturated carbocycles. The number of fused-ring (bicyclic) bond motifs is 1. The minimum atomic E-state index is 0.0277. The second-order valence-electron chi connectivity index (χ2n) is 7.84. The lowest BCUT2D eigenvalue weighted by Gasteiger charge is -2.36. The fraction of sp³-hybridized carbons (Fsp3) is 0.619. The molecule has 4 rings (SSSR count). The second-order valence-corrected chi connectivity index (χ2v) is 7.84. The van der Waals surface area contributed by atoms with E-state index in [1.807, 2.05) is 28.0 Å². The maximum Gasteiger partial charge on any atom is 0.317 e. The minimum Gasteiger partial charge on any atom is -0.493 e. The summed E-state index contributed by atoms with van der Waals surface area (Å²) in [6.45, 7) is 3.12. The highest BCUT2D eigenvalue weighted by Gasteiger charge is 2.27. The number of nitrogens with one attached hydrogen (secondary N) is 1. The highest BCUT2D eigenvalue weighted by Crippen LogP contribution is 2.26. The summed E-state index contributed by atoms with van der Waals surface area (Å²) in [7, 11) is 0. The Morgan fingerprint density at radius 3 is 2.48 bits per heavy atom. The van der Waals surface area contributed by atoms with Crippen molar-refractivity contribution in [3.8, 4) is 5.75 Å². The van der Waals surface area contributed by atoms with Gasteiger partial charge in [0.2, 0.25) is 0 Å². The third-order valence-electron chi connectivity index (χ3n) is 5.94. The standard InChI is InChI=1S/C21H29N3O3/c25-20(17-8-9-19-16(15-17)5-4-14-27-19)23-10-12-24(13-11-23)21(26)22-18-6-2-1-3-7-18/h8-9,15,18H,1-7,10-14H2,(H,22,26). The molecule has 1 saturated heterocycles. The average molecular weight is 371 g/mol. The monoisotopic (exact) mass is 371 g/mol. The van der Waals surface area contributed by atoms with Crippen LogP contribution >= 0.6 is 0 Å². The van der Waals surface area contributed by atoms with Crippen LogP contribution in [0.1, 0.15) is 54.4 Å². The van der Waals surface area contributed by atoms with Crippen LogP contribution in [0.4, 0.5) is 4.79 Å². The number of piperazine rings is 1. The van der Waals surface area contributed by atoms with Crippen molar-refractivity contribution in [2.45, 2.75) is 51.0 Å². The van der Waals surface area contributed by atoms with Gasteiger partial charge in [-0.1, -0.05) is 19.3 Å². The van der Waals surface area contributed by atoms with E-state index in [0.29, 0.717) is 32.2 Å². The van der Waals surface area contributed by atoms with Crippen molar-refractivity contribution in [2.75, 3.05) is 32.8 Å². The van der Waals surface area contributed by atoms with Gasteiger partial charge in [-0.25, -0.2) is 4.79 Å². The summed E-state index contributed by atoms with van der Waals surface area (Å²) in [5.41, 5.74) is 1.84. The molecule has 3 amide bonds. The summed E-state index contributed by atoms with van der Waals surface area (Å²) in [4.78, 5) is 29.0. The smallest absolute Gasteiger partial charge is 0.317 e. The Labute approximate surface area is 160 Å². The quantitative estimate of drug-likeness (QED) is 0.870. The van der Waals surface area contributed by atoms with Crippen molar-refractivity contribution < 1.29 is 14.3 Å². The van der Waals surface area contributed by atoms with E-state index in [1.54, 1.807) is 0 Å². The van der Waals surface area contributed by atoms with Crippen LogP contribution in [0, 0.1) is 0 Å². The molecule has 0 radical (unpaired) electrons. The number of aryl methyl sites for hydroxylation is 1. The highest BCUT2D eigenvalue weighted by molar-refractivity contribution is 5.94. The van der Waals surface area contributed by atoms with Crippen molar-refractivity contribution in [3.05, 3.63) is 29.3 Å². The Kier molecular flexibility index (Phi) is 5.50. The molecule has 27 heavy (non-hydrogen) atoms. The van der Waals surface area contributed by atoms with E-state index in [1.165, 1.54) is 19.3 Å². The molecule has 146 valence electrons. The molecule has 0 unspecified atom stereocenters. The molecule has 1 aromatic rings. The molecule has 1 aliphatic carbocycles. The number of hydrogen-bond donors (Lipinski definition) is 1. The summed E-state index contributed by atoms with van der Waals surface area (Å²) in [5.74, 6) is 0.956. The van der Waals surface area contributed by atoms with Crippen molar-refractivity contribution in [2.24, 2.45) is 0 Å². The van der Waals surface area contributed by atoms with Gasteiger partial charge in [-0.15, -0.1) is 0 Å². The maximum atomic E-state index is 12.8. The van der Waals surface area contributed by atoms with Gasteiger partial charge in [0.25, 0.3) is 5.91 Å². The number of nitrogens with zero attached hydrogens (tertiary/aromatic N) is 2. The second kappa shape index (κ2) is 8.19. The van der Waals surface area contributed by atoms with Gasteiger partial charge in [0.05, 0.1) is 6.61 Å². The first-order valence-corrected chi connectivity index (χ1v) is 10.3. The van der Waals surface area contributed by atoms with E-state index >= 15 is 0 Å². The van der Waals surface area contributed by atoms with E-state index in [-0.39, 0.29) is 11.9 Å². The zero-order valence-corrected chi connectivity index (χ0v) is 15.9. The molecule has 6 nitrogen and oxygen atoms in total. The number of urea groups is 1. The van der Waals surface area contributed by atoms with Gasteiger partial charge in [0.15, 0.2) is 0 Å². The lowest BCUT2D eigenvalue weighted by molar-refractivity contribution is 0.0662. The van der Waals surface area contributed by atoms with Crippen LogP contribution in [0.15, 0.2) is 18.2 Å². The fourth-order valence-corrected chi connectivity index (χ4v) is 4.30. The number of hydrogen-bond acceptors (Lipinski definition) is 3. The van der Waals surface area contributed by atoms with E-state index in [4.69, 9.17) is 4.74 Å². The molecule has 2 aliphatic heterocycles. The number of benzene rings is 1. The lowest BCUT2D eigenvalue weighted by atomic mass is 9.96. The summed E-state index contributed by atoms with van der Waals surface area (Å²) < 4.78 is 5.63. The maximum absolute atomic E-state index is 12.8. The lowest BCUT2D eigenvalue weighted by Crippen LogP contribution is -2.54. The van der Waals surface area contributed by atoms with E-state index < -0.39 is 0 Å². The first kappa shape index (κ1) is 18.1. The van der Waals surface area contributed by atoms with E-state index in [9.17, 15) is 9.59 Å². The van der Waals surface area contributed by atoms with Crippen LogP contribution in [-0.2, 0) is 6.42 Å². The Hall–Kier alpha value is -2.24. The molecule has 1 N–H and O–H groups in total. The summed E-state index contributed by atoms with van der Waals surface area (Å²) in [6.07, 6.45) is 7.84. The molecule has 0 spiro atoms. The topological polar surface area (TPSA) is 61.9 Å². The van der Waals surface area contributed by atoms with Crippen molar-refractivity contribution >= 4 is 11.9 Å². The Morgan fingerprint density at radius 1 is 0.963 bits per heavy atom. The fourth-order valence-electron chi connectivity index (χ4n) is 4.30. The molecular formula is C21H29N3O3. The van der Waals surface area contributed by atoms with Gasteiger partial charge in [-0.3, -0.25) is 4.79 Å². The Bertz CT molecular complexity index is 692. The van der Waals surface area contributed by atoms with Gasteiger partial charge >= 0.3 is 6.03 Å². The van der Waals surface area contributed by atoms with Gasteiger partial charge in [-0.05, 0) is 49.4 Å². The third kappa shape index (κ3) is 4.20. The predicted molar refractivity (Wildman–Crippen MR) is 103 cm³/mol. The van der Waals surface area contributed by atoms with Crippen LogP contribution in [-0.4, -0.2) is 60.6 Å². The van der Waals surface area contributed by atoms with E-state index in [2.05, 4.69) is 5.32 Å². The predicted octanol–water partition coefficient (Wildman–Crippen LogP) is 2.81. The number of amides is 3. The number of carbonyl (C=O) groups excluding carboxylic acids is 2. The zero-order valence-electron chi connectivity index (χ0n) is 15.9. The Morgan fingerprint density at radius 2 is 1.70 bits per heavy atom. The molecule has 0 bridgehead atoms. The number of rotatable bonds is 2. The van der Waals surface area contributed by atoms with Crippen LogP contribution in [0.3, 0.4) is 0 Å². The molecule has 0 aromatic heterocycles. The average Bonchev–Trinajstić information content (AvgIpc) is 2.73. The zero-order chi connectivity index (χ0) is 18.6. The summed E-state index contributed by atoms with van der Waals surface area (Å²) in [6, 6.07) is 6.09. The van der Waals surface area contributed by atoms with Crippen molar-refractivity contribution in [1.29, 1.82) is 0 Å². The normalized spacial score (nSPS) is 20.6. The first-order valence-electron chi connectivity index (χ1n) is 10.3. The molecule has 6 heteroatoms. The van der Waals surface area contributed by atoms with Crippen LogP contribution in [0.2, 0.25) is 0 Å². The molecule has 2 heterocycles.